The van der Waals surface area contributed by atoms with Crippen molar-refractivity contribution in [3.8, 4) is 17.2 Å². The van der Waals surface area contributed by atoms with Gasteiger partial charge in [0.25, 0.3) is 0 Å². The summed E-state index contributed by atoms with van der Waals surface area (Å²) in [7, 11) is 0. The van der Waals surface area contributed by atoms with Gasteiger partial charge in [0.1, 0.15) is 30.5 Å². The number of para-hydroxylation sites is 1. The minimum atomic E-state index is 0.180. The molecule has 0 spiro atoms. The molecule has 146 valence electrons. The monoisotopic (exact) mass is 377 g/mol. The zero-order chi connectivity index (χ0) is 19.6. The molecule has 0 saturated carbocycles. The van der Waals surface area contributed by atoms with Crippen molar-refractivity contribution in [3.05, 3.63) is 84.4 Å². The first-order valence-electron chi connectivity index (χ1n) is 9.59. The maximum atomic E-state index is 5.80. The van der Waals surface area contributed by atoms with E-state index in [1.807, 2.05) is 86.6 Å². The van der Waals surface area contributed by atoms with Crippen molar-refractivity contribution in [1.29, 1.82) is 0 Å². The van der Waals surface area contributed by atoms with E-state index >= 15 is 0 Å². The van der Waals surface area contributed by atoms with Crippen LogP contribution in [0.25, 0.3) is 0 Å². The van der Waals surface area contributed by atoms with E-state index in [4.69, 9.17) is 14.2 Å². The lowest BCUT2D eigenvalue weighted by Crippen LogP contribution is -2.09. The molecule has 3 rings (SSSR count). The maximum absolute atomic E-state index is 5.80. The van der Waals surface area contributed by atoms with Crippen LogP contribution in [0.1, 0.15) is 19.4 Å². The molecule has 0 aliphatic heterocycles. The zero-order valence-electron chi connectivity index (χ0n) is 16.4. The second-order valence-electron chi connectivity index (χ2n) is 6.70. The van der Waals surface area contributed by atoms with Crippen LogP contribution in [0, 0.1) is 0 Å². The minimum absolute atomic E-state index is 0.180. The van der Waals surface area contributed by atoms with Gasteiger partial charge in [-0.15, -0.1) is 0 Å². The van der Waals surface area contributed by atoms with Crippen LogP contribution in [-0.2, 0) is 6.54 Å². The number of hydrogen-bond acceptors (Lipinski definition) is 4. The topological polar surface area (TPSA) is 39.7 Å². The lowest BCUT2D eigenvalue weighted by atomic mass is 10.2. The molecule has 0 atom stereocenters. The first-order valence-corrected chi connectivity index (χ1v) is 9.59. The number of ether oxygens (including phenoxy) is 3. The second kappa shape index (κ2) is 10.3. The summed E-state index contributed by atoms with van der Waals surface area (Å²) < 4.78 is 17.1. The number of rotatable bonds is 10. The van der Waals surface area contributed by atoms with Crippen molar-refractivity contribution in [1.82, 2.24) is 0 Å². The average Bonchev–Trinajstić information content (AvgIpc) is 2.71. The highest BCUT2D eigenvalue weighted by atomic mass is 16.5. The van der Waals surface area contributed by atoms with Gasteiger partial charge in [0, 0.05) is 12.2 Å². The Bertz CT molecular complexity index is 832. The molecule has 0 unspecified atom stereocenters. The molecule has 4 heteroatoms. The Morgan fingerprint density at radius 2 is 1.39 bits per heavy atom. The number of nitrogens with one attached hydrogen (secondary N) is 1. The van der Waals surface area contributed by atoms with Gasteiger partial charge < -0.3 is 19.5 Å². The predicted molar refractivity (Wildman–Crippen MR) is 113 cm³/mol. The molecule has 28 heavy (non-hydrogen) atoms. The number of anilines is 1. The summed E-state index contributed by atoms with van der Waals surface area (Å²) in [6.07, 6.45) is 0.180. The highest BCUT2D eigenvalue weighted by molar-refractivity contribution is 5.47. The van der Waals surface area contributed by atoms with Crippen molar-refractivity contribution in [2.24, 2.45) is 0 Å². The molecule has 0 heterocycles. The van der Waals surface area contributed by atoms with Crippen molar-refractivity contribution in [2.75, 3.05) is 18.5 Å². The first-order chi connectivity index (χ1) is 13.7. The van der Waals surface area contributed by atoms with E-state index in [-0.39, 0.29) is 6.10 Å². The molecule has 4 nitrogen and oxygen atoms in total. The van der Waals surface area contributed by atoms with E-state index in [0.717, 1.165) is 35.0 Å². The third-order valence-corrected chi connectivity index (χ3v) is 3.99. The third kappa shape index (κ3) is 6.54. The van der Waals surface area contributed by atoms with Crippen molar-refractivity contribution >= 4 is 5.69 Å². The maximum Gasteiger partial charge on any atom is 0.122 e. The van der Waals surface area contributed by atoms with E-state index in [1.165, 1.54) is 0 Å². The molecular weight excluding hydrogens is 350 g/mol. The van der Waals surface area contributed by atoms with E-state index in [1.54, 1.807) is 0 Å². The number of benzene rings is 3. The smallest absolute Gasteiger partial charge is 0.122 e. The van der Waals surface area contributed by atoms with Gasteiger partial charge in [-0.2, -0.15) is 0 Å². The Morgan fingerprint density at radius 3 is 2.11 bits per heavy atom. The van der Waals surface area contributed by atoms with E-state index in [9.17, 15) is 0 Å². The van der Waals surface area contributed by atoms with Crippen LogP contribution < -0.4 is 19.5 Å². The van der Waals surface area contributed by atoms with Gasteiger partial charge in [0.15, 0.2) is 0 Å². The summed E-state index contributed by atoms with van der Waals surface area (Å²) in [6, 6.07) is 25.9. The SMILES string of the molecule is CC(C)Oc1ccc(NCc2cccc(OCCOc3ccccc3)c2)cc1. The van der Waals surface area contributed by atoms with Crippen LogP contribution >= 0.6 is 0 Å². The van der Waals surface area contributed by atoms with E-state index in [2.05, 4.69) is 11.4 Å². The van der Waals surface area contributed by atoms with Gasteiger partial charge >= 0.3 is 0 Å². The third-order valence-electron chi connectivity index (χ3n) is 3.99. The molecule has 0 aliphatic rings. The normalized spacial score (nSPS) is 10.5. The number of hydrogen-bond donors (Lipinski definition) is 1. The molecule has 0 radical (unpaired) electrons. The lowest BCUT2D eigenvalue weighted by Gasteiger charge is -2.12. The molecule has 3 aromatic rings. The zero-order valence-corrected chi connectivity index (χ0v) is 16.4. The fraction of sp³-hybridized carbons (Fsp3) is 0.250. The summed E-state index contributed by atoms with van der Waals surface area (Å²) in [5.41, 5.74) is 2.21. The molecule has 0 amide bonds. The lowest BCUT2D eigenvalue weighted by molar-refractivity contribution is 0.217. The molecule has 0 bridgehead atoms. The van der Waals surface area contributed by atoms with Gasteiger partial charge in [-0.25, -0.2) is 0 Å². The standard InChI is InChI=1S/C24H27NO3/c1-19(2)28-23-13-11-21(12-14-23)25-18-20-7-6-10-24(17-20)27-16-15-26-22-8-4-3-5-9-22/h3-14,17,19,25H,15-16,18H2,1-2H3. The van der Waals surface area contributed by atoms with Crippen molar-refractivity contribution < 1.29 is 14.2 Å². The highest BCUT2D eigenvalue weighted by Gasteiger charge is 2.01. The van der Waals surface area contributed by atoms with Crippen LogP contribution in [-0.4, -0.2) is 19.3 Å². The van der Waals surface area contributed by atoms with Crippen LogP contribution in [0.5, 0.6) is 17.2 Å². The van der Waals surface area contributed by atoms with Gasteiger partial charge in [-0.3, -0.25) is 0 Å². The summed E-state index contributed by atoms with van der Waals surface area (Å²) in [5.74, 6) is 2.58. The van der Waals surface area contributed by atoms with Crippen LogP contribution in [0.2, 0.25) is 0 Å². The molecule has 0 aromatic heterocycles. The van der Waals surface area contributed by atoms with Crippen LogP contribution in [0.15, 0.2) is 78.9 Å². The van der Waals surface area contributed by atoms with Gasteiger partial charge in [-0.1, -0.05) is 30.3 Å². The average molecular weight is 377 g/mol. The Balaban J connectivity index is 1.44. The summed E-state index contributed by atoms with van der Waals surface area (Å²) >= 11 is 0. The van der Waals surface area contributed by atoms with Crippen molar-refractivity contribution in [3.63, 3.8) is 0 Å². The van der Waals surface area contributed by atoms with Crippen LogP contribution in [0.3, 0.4) is 0 Å². The fourth-order valence-electron chi connectivity index (χ4n) is 2.71. The summed E-state index contributed by atoms with van der Waals surface area (Å²) in [5, 5.41) is 3.42. The van der Waals surface area contributed by atoms with E-state index < -0.39 is 0 Å². The van der Waals surface area contributed by atoms with Crippen LogP contribution in [0.4, 0.5) is 5.69 Å². The molecule has 0 aliphatic carbocycles. The Morgan fingerprint density at radius 1 is 0.714 bits per heavy atom. The molecule has 0 saturated heterocycles. The van der Waals surface area contributed by atoms with Crippen molar-refractivity contribution in [2.45, 2.75) is 26.5 Å². The quantitative estimate of drug-likeness (QED) is 0.471. The Hall–Kier alpha value is -3.14. The molecule has 0 fully saturated rings. The van der Waals surface area contributed by atoms with E-state index in [0.29, 0.717) is 13.2 Å². The molecular formula is C24H27NO3. The highest BCUT2D eigenvalue weighted by Crippen LogP contribution is 2.19. The summed E-state index contributed by atoms with van der Waals surface area (Å²) in [6.45, 7) is 5.78. The largest absolute Gasteiger partial charge is 0.491 e. The molecule has 3 aromatic carbocycles. The van der Waals surface area contributed by atoms with Gasteiger partial charge in [0.2, 0.25) is 0 Å². The second-order valence-corrected chi connectivity index (χ2v) is 6.70. The molecule has 1 N–H and O–H groups in total. The van der Waals surface area contributed by atoms with Gasteiger partial charge in [0.05, 0.1) is 6.10 Å². The summed E-state index contributed by atoms with van der Waals surface area (Å²) in [4.78, 5) is 0. The Labute approximate surface area is 167 Å². The first kappa shape index (κ1) is 19.6. The predicted octanol–water partition coefficient (Wildman–Crippen LogP) is 5.54. The minimum Gasteiger partial charge on any atom is -0.491 e. The fourth-order valence-corrected chi connectivity index (χ4v) is 2.71. The van der Waals surface area contributed by atoms with Gasteiger partial charge in [-0.05, 0) is 67.9 Å². The Kier molecular flexibility index (Phi) is 7.19.